The van der Waals surface area contributed by atoms with Gasteiger partial charge in [0.05, 0.1) is 6.54 Å². The van der Waals surface area contributed by atoms with Gasteiger partial charge in [-0.1, -0.05) is 0 Å². The van der Waals surface area contributed by atoms with E-state index in [1.165, 1.54) is 31.4 Å². The molecule has 4 nitrogen and oxygen atoms in total. The maximum absolute atomic E-state index is 13.4. The lowest BCUT2D eigenvalue weighted by Gasteiger charge is -2.37. The number of carbonyl (C=O) groups excluding carboxylic acids is 1. The van der Waals surface area contributed by atoms with Crippen molar-refractivity contribution in [2.24, 2.45) is 5.92 Å². The Hall–Kier alpha value is -0.950. The summed E-state index contributed by atoms with van der Waals surface area (Å²) in [6.45, 7) is 8.87. The van der Waals surface area contributed by atoms with Crippen LogP contribution in [0.15, 0.2) is 18.2 Å². The fourth-order valence-electron chi connectivity index (χ4n) is 4.06. The lowest BCUT2D eigenvalue weighted by atomic mass is 9.93. The molecule has 2 heterocycles. The summed E-state index contributed by atoms with van der Waals surface area (Å²) in [6.07, 6.45) is 3.55. The number of halogens is 4. The Morgan fingerprint density at radius 3 is 2.04 bits per heavy atom. The Bertz CT molecular complexity index is 599. The molecule has 0 radical (unpaired) electrons. The zero-order chi connectivity index (χ0) is 18.5. The Morgan fingerprint density at radius 1 is 0.929 bits per heavy atom. The number of carbonyl (C=O) groups is 1. The van der Waals surface area contributed by atoms with Crippen LogP contribution in [0, 0.1) is 17.6 Å². The number of hydrogen-bond acceptors (Lipinski definition) is 4. The predicted octanol–water partition coefficient (Wildman–Crippen LogP) is 3.62. The van der Waals surface area contributed by atoms with Gasteiger partial charge in [-0.2, -0.15) is 0 Å². The number of likely N-dealkylation sites (tertiary alicyclic amines) is 1. The molecular weight excluding hydrogens is 407 g/mol. The van der Waals surface area contributed by atoms with Crippen molar-refractivity contribution < 1.29 is 13.6 Å². The molecule has 0 bridgehead atoms. The smallest absolute Gasteiger partial charge is 0.143 e. The zero-order valence-corrected chi connectivity index (χ0v) is 18.0. The molecule has 2 fully saturated rings. The number of benzene rings is 1. The van der Waals surface area contributed by atoms with Crippen LogP contribution < -0.4 is 4.90 Å². The van der Waals surface area contributed by atoms with Gasteiger partial charge < -0.3 is 4.90 Å². The van der Waals surface area contributed by atoms with Crippen molar-refractivity contribution in [1.82, 2.24) is 9.80 Å². The van der Waals surface area contributed by atoms with Crippen LogP contribution in [0.5, 0.6) is 0 Å². The highest BCUT2D eigenvalue weighted by Crippen LogP contribution is 2.22. The molecule has 2 saturated heterocycles. The predicted molar refractivity (Wildman–Crippen MR) is 114 cm³/mol. The summed E-state index contributed by atoms with van der Waals surface area (Å²) in [7, 11) is 0. The third-order valence-corrected chi connectivity index (χ3v) is 5.59. The van der Waals surface area contributed by atoms with Gasteiger partial charge in [0.2, 0.25) is 0 Å². The molecule has 0 atom stereocenters. The number of ketones is 1. The van der Waals surface area contributed by atoms with Crippen LogP contribution in [0.25, 0.3) is 0 Å². The third kappa shape index (κ3) is 7.47. The number of rotatable bonds is 6. The van der Waals surface area contributed by atoms with Gasteiger partial charge in [-0.25, -0.2) is 8.78 Å². The average molecular weight is 438 g/mol. The largest absolute Gasteiger partial charge is 0.369 e. The number of anilines is 1. The molecule has 160 valence electrons. The lowest BCUT2D eigenvalue weighted by molar-refractivity contribution is -0.118. The average Bonchev–Trinajstić information content (AvgIpc) is 2.60. The molecule has 8 heteroatoms. The first-order valence-corrected chi connectivity index (χ1v) is 9.65. The highest BCUT2D eigenvalue weighted by molar-refractivity contribution is 5.85. The molecule has 2 aliphatic rings. The lowest BCUT2D eigenvalue weighted by Crippen LogP contribution is -2.47. The standard InChI is InChI=1S/C20H29F2N3O.2ClH/c1-16(26)15-24-6-3-17(4-7-24)2-5-23-8-10-25(11-9-23)20-13-18(21)12-19(22)14-20;;/h12-14,17H,2-11,15H2,1H3;2*1H. The van der Waals surface area contributed by atoms with E-state index in [-0.39, 0.29) is 30.6 Å². The topological polar surface area (TPSA) is 26.8 Å². The maximum atomic E-state index is 13.4. The second-order valence-electron chi connectivity index (χ2n) is 7.67. The van der Waals surface area contributed by atoms with Crippen LogP contribution in [0.2, 0.25) is 0 Å². The number of piperidine rings is 1. The van der Waals surface area contributed by atoms with Gasteiger partial charge >= 0.3 is 0 Å². The number of Topliss-reactive ketones (excluding diaryl/α,β-unsaturated/α-hetero) is 1. The summed E-state index contributed by atoms with van der Waals surface area (Å²) in [5.74, 6) is -0.0369. The van der Waals surface area contributed by atoms with Crippen molar-refractivity contribution in [3.8, 4) is 0 Å². The number of nitrogens with zero attached hydrogens (tertiary/aromatic N) is 3. The summed E-state index contributed by atoms with van der Waals surface area (Å²) >= 11 is 0. The van der Waals surface area contributed by atoms with Crippen LogP contribution in [-0.4, -0.2) is 67.9 Å². The van der Waals surface area contributed by atoms with E-state index in [2.05, 4.69) is 14.7 Å². The van der Waals surface area contributed by atoms with E-state index in [4.69, 9.17) is 0 Å². The van der Waals surface area contributed by atoms with Crippen molar-refractivity contribution in [2.75, 3.05) is 57.3 Å². The molecule has 0 unspecified atom stereocenters. The zero-order valence-electron chi connectivity index (χ0n) is 16.4. The Kier molecular flexibility index (Phi) is 10.7. The van der Waals surface area contributed by atoms with Crippen molar-refractivity contribution in [2.45, 2.75) is 26.2 Å². The minimum absolute atomic E-state index is 0. The van der Waals surface area contributed by atoms with Crippen LogP contribution in [0.3, 0.4) is 0 Å². The summed E-state index contributed by atoms with van der Waals surface area (Å²) < 4.78 is 26.8. The van der Waals surface area contributed by atoms with Gasteiger partial charge in [0, 0.05) is 37.9 Å². The van der Waals surface area contributed by atoms with Gasteiger partial charge in [-0.05, 0) is 63.9 Å². The van der Waals surface area contributed by atoms with Gasteiger partial charge in [-0.15, -0.1) is 24.8 Å². The van der Waals surface area contributed by atoms with E-state index < -0.39 is 11.6 Å². The van der Waals surface area contributed by atoms with Gasteiger partial charge in [0.1, 0.15) is 17.4 Å². The Labute approximate surface area is 179 Å². The van der Waals surface area contributed by atoms with Gasteiger partial charge in [-0.3, -0.25) is 14.6 Å². The summed E-state index contributed by atoms with van der Waals surface area (Å²) in [4.78, 5) is 18.0. The van der Waals surface area contributed by atoms with Gasteiger partial charge in [0.15, 0.2) is 0 Å². The fourth-order valence-corrected chi connectivity index (χ4v) is 4.06. The van der Waals surface area contributed by atoms with Crippen molar-refractivity contribution >= 4 is 36.3 Å². The van der Waals surface area contributed by atoms with E-state index in [0.717, 1.165) is 57.8 Å². The van der Waals surface area contributed by atoms with Crippen molar-refractivity contribution in [1.29, 1.82) is 0 Å². The molecule has 2 aliphatic heterocycles. The quantitative estimate of drug-likeness (QED) is 0.678. The molecular formula is C20H31Cl2F2N3O. The molecule has 0 spiro atoms. The minimum atomic E-state index is -0.515. The SMILES string of the molecule is CC(=O)CN1CCC(CCN2CCN(c3cc(F)cc(F)c3)CC2)CC1.Cl.Cl. The van der Waals surface area contributed by atoms with Crippen LogP contribution in [0.4, 0.5) is 14.5 Å². The van der Waals surface area contributed by atoms with Crippen LogP contribution in [0.1, 0.15) is 26.2 Å². The van der Waals surface area contributed by atoms with Gasteiger partial charge in [0.25, 0.3) is 0 Å². The number of piperazine rings is 1. The molecule has 0 amide bonds. The Morgan fingerprint density at radius 2 is 1.50 bits per heavy atom. The van der Waals surface area contributed by atoms with Crippen LogP contribution >= 0.6 is 24.8 Å². The maximum Gasteiger partial charge on any atom is 0.143 e. The molecule has 3 rings (SSSR count). The summed E-state index contributed by atoms with van der Waals surface area (Å²) in [5, 5.41) is 0. The first kappa shape index (κ1) is 25.1. The third-order valence-electron chi connectivity index (χ3n) is 5.59. The molecule has 28 heavy (non-hydrogen) atoms. The monoisotopic (exact) mass is 437 g/mol. The van der Waals surface area contributed by atoms with Crippen molar-refractivity contribution in [3.63, 3.8) is 0 Å². The molecule has 0 N–H and O–H groups in total. The van der Waals surface area contributed by atoms with E-state index in [1.807, 2.05) is 0 Å². The van der Waals surface area contributed by atoms with E-state index in [1.54, 1.807) is 6.92 Å². The van der Waals surface area contributed by atoms with E-state index in [9.17, 15) is 13.6 Å². The molecule has 0 aliphatic carbocycles. The van der Waals surface area contributed by atoms with Crippen LogP contribution in [-0.2, 0) is 4.79 Å². The van der Waals surface area contributed by atoms with Crippen molar-refractivity contribution in [3.05, 3.63) is 29.8 Å². The highest BCUT2D eigenvalue weighted by atomic mass is 35.5. The second-order valence-corrected chi connectivity index (χ2v) is 7.67. The minimum Gasteiger partial charge on any atom is -0.369 e. The number of hydrogen-bond donors (Lipinski definition) is 0. The summed E-state index contributed by atoms with van der Waals surface area (Å²) in [6, 6.07) is 3.74. The Balaban J connectivity index is 0.00000196. The molecule has 1 aromatic rings. The fraction of sp³-hybridized carbons (Fsp3) is 0.650. The normalized spacial score (nSPS) is 19.0. The highest BCUT2D eigenvalue weighted by Gasteiger charge is 2.22. The molecule has 1 aromatic carbocycles. The van der Waals surface area contributed by atoms with E-state index >= 15 is 0 Å². The molecule has 0 saturated carbocycles. The molecule has 0 aromatic heterocycles. The first-order valence-electron chi connectivity index (χ1n) is 9.65. The second kappa shape index (κ2) is 11.9. The van der Waals surface area contributed by atoms with E-state index in [0.29, 0.717) is 12.2 Å². The summed E-state index contributed by atoms with van der Waals surface area (Å²) in [5.41, 5.74) is 0.639. The first-order chi connectivity index (χ1) is 12.5.